The van der Waals surface area contributed by atoms with E-state index in [1.807, 2.05) is 19.1 Å². The Bertz CT molecular complexity index is 787. The van der Waals surface area contributed by atoms with Crippen LogP contribution in [0.15, 0.2) is 24.3 Å². The molecule has 4 amide bonds. The van der Waals surface area contributed by atoms with E-state index in [2.05, 4.69) is 10.6 Å². The van der Waals surface area contributed by atoms with Gasteiger partial charge in [0.25, 0.3) is 11.8 Å². The smallest absolute Gasteiger partial charge is 0.327 e. The van der Waals surface area contributed by atoms with Crippen molar-refractivity contribution in [3.05, 3.63) is 29.8 Å². The molecule has 0 spiro atoms. The Kier molecular flexibility index (Phi) is 4.91. The first-order valence-electron chi connectivity index (χ1n) is 8.92. The van der Waals surface area contributed by atoms with Gasteiger partial charge in [-0.15, -0.1) is 0 Å². The maximum Gasteiger partial charge on any atom is 0.327 e. The van der Waals surface area contributed by atoms with Gasteiger partial charge in [-0.1, -0.05) is 17.7 Å². The fourth-order valence-electron chi connectivity index (χ4n) is 3.09. The molecule has 1 aliphatic carbocycles. The van der Waals surface area contributed by atoms with Gasteiger partial charge >= 0.3 is 12.0 Å². The van der Waals surface area contributed by atoms with Crippen LogP contribution >= 0.6 is 0 Å². The van der Waals surface area contributed by atoms with Crippen LogP contribution in [0, 0.1) is 12.8 Å². The Morgan fingerprint density at radius 1 is 1.30 bits per heavy atom. The number of nitrogens with one attached hydrogen (secondary N) is 2. The lowest BCUT2D eigenvalue weighted by Crippen LogP contribution is -2.46. The second-order valence-corrected chi connectivity index (χ2v) is 7.29. The molecule has 2 aliphatic rings. The van der Waals surface area contributed by atoms with Gasteiger partial charge < -0.3 is 15.4 Å². The van der Waals surface area contributed by atoms with Crippen LogP contribution in [0.25, 0.3) is 0 Å². The van der Waals surface area contributed by atoms with Crippen LogP contribution in [-0.2, 0) is 19.1 Å². The van der Waals surface area contributed by atoms with Crippen molar-refractivity contribution >= 4 is 29.5 Å². The van der Waals surface area contributed by atoms with Crippen LogP contribution in [0.2, 0.25) is 0 Å². The molecule has 0 radical (unpaired) electrons. The Morgan fingerprint density at radius 3 is 2.52 bits per heavy atom. The quantitative estimate of drug-likeness (QED) is 0.582. The molecule has 3 rings (SSSR count). The number of hydrogen-bond donors (Lipinski definition) is 2. The highest BCUT2D eigenvalue weighted by atomic mass is 16.5. The molecular formula is C19H23N3O5. The fourth-order valence-corrected chi connectivity index (χ4v) is 3.09. The average Bonchev–Trinajstić information content (AvgIpc) is 3.43. The van der Waals surface area contributed by atoms with Crippen LogP contribution in [0.3, 0.4) is 0 Å². The molecule has 27 heavy (non-hydrogen) atoms. The lowest BCUT2D eigenvalue weighted by atomic mass is 9.96. The topological polar surface area (TPSA) is 105 Å². The van der Waals surface area contributed by atoms with Gasteiger partial charge in [0, 0.05) is 5.69 Å². The highest BCUT2D eigenvalue weighted by molar-refractivity contribution is 6.09. The molecule has 2 atom stereocenters. The van der Waals surface area contributed by atoms with Crippen molar-refractivity contribution in [2.75, 3.05) is 11.9 Å². The van der Waals surface area contributed by atoms with E-state index in [4.69, 9.17) is 4.74 Å². The number of ether oxygens (including phenoxy) is 1. The molecule has 1 saturated heterocycles. The number of carbonyl (C=O) groups is 4. The van der Waals surface area contributed by atoms with Gasteiger partial charge in [0.2, 0.25) is 0 Å². The summed E-state index contributed by atoms with van der Waals surface area (Å²) in [6.45, 7) is 4.52. The Labute approximate surface area is 157 Å². The minimum absolute atomic E-state index is 0.106. The molecule has 0 unspecified atom stereocenters. The number of nitrogens with zero attached hydrogens (tertiary/aromatic N) is 1. The van der Waals surface area contributed by atoms with Crippen molar-refractivity contribution < 1.29 is 23.9 Å². The third kappa shape index (κ3) is 3.94. The zero-order chi connectivity index (χ0) is 19.8. The molecule has 0 bridgehead atoms. The zero-order valence-electron chi connectivity index (χ0n) is 15.6. The Morgan fingerprint density at radius 2 is 1.93 bits per heavy atom. The van der Waals surface area contributed by atoms with Crippen molar-refractivity contribution in [3.63, 3.8) is 0 Å². The monoisotopic (exact) mass is 373 g/mol. The van der Waals surface area contributed by atoms with Crippen molar-refractivity contribution in [1.29, 1.82) is 0 Å². The molecule has 2 N–H and O–H groups in total. The van der Waals surface area contributed by atoms with Crippen LogP contribution < -0.4 is 10.6 Å². The lowest BCUT2D eigenvalue weighted by Gasteiger charge is -2.21. The Hall–Kier alpha value is -2.90. The number of rotatable bonds is 6. The van der Waals surface area contributed by atoms with E-state index >= 15 is 0 Å². The predicted octanol–water partition coefficient (Wildman–Crippen LogP) is 1.59. The fraction of sp³-hybridized carbons (Fsp3) is 0.474. The summed E-state index contributed by atoms with van der Waals surface area (Å²) in [7, 11) is 0. The van der Waals surface area contributed by atoms with Gasteiger partial charge in [0.15, 0.2) is 6.10 Å². The molecule has 1 heterocycles. The second-order valence-electron chi connectivity index (χ2n) is 7.29. The first kappa shape index (κ1) is 18.9. The van der Waals surface area contributed by atoms with Crippen molar-refractivity contribution in [3.8, 4) is 0 Å². The van der Waals surface area contributed by atoms with Crippen LogP contribution in [0.4, 0.5) is 10.5 Å². The van der Waals surface area contributed by atoms with Gasteiger partial charge in [0.1, 0.15) is 12.1 Å². The highest BCUT2D eigenvalue weighted by Crippen LogP contribution is 2.42. The number of esters is 1. The van der Waals surface area contributed by atoms with E-state index in [-0.39, 0.29) is 5.92 Å². The van der Waals surface area contributed by atoms with Crippen molar-refractivity contribution in [2.24, 2.45) is 5.92 Å². The number of amides is 4. The SMILES string of the molecule is Cc1ccc(NC(=O)[C@@H](C)OC(=O)CN2C(=O)N[C@@](C)(C3CC3)C2=O)cc1. The average molecular weight is 373 g/mol. The number of benzene rings is 1. The third-order valence-corrected chi connectivity index (χ3v) is 4.98. The first-order valence-corrected chi connectivity index (χ1v) is 8.92. The maximum absolute atomic E-state index is 12.5. The van der Waals surface area contributed by atoms with E-state index in [0.29, 0.717) is 5.69 Å². The molecule has 0 aromatic heterocycles. The normalized spacial score (nSPS) is 23.0. The maximum atomic E-state index is 12.5. The van der Waals surface area contributed by atoms with Crippen LogP contribution in [0.5, 0.6) is 0 Å². The highest BCUT2D eigenvalue weighted by Gasteiger charge is 2.56. The minimum atomic E-state index is -1.06. The first-order chi connectivity index (χ1) is 12.7. The van der Waals surface area contributed by atoms with Crippen molar-refractivity contribution in [1.82, 2.24) is 10.2 Å². The third-order valence-electron chi connectivity index (χ3n) is 4.98. The van der Waals surface area contributed by atoms with Gasteiger partial charge in [0.05, 0.1) is 0 Å². The summed E-state index contributed by atoms with van der Waals surface area (Å²) in [6, 6.07) is 6.58. The summed E-state index contributed by atoms with van der Waals surface area (Å²) in [6.07, 6.45) is 0.683. The zero-order valence-corrected chi connectivity index (χ0v) is 15.6. The van der Waals surface area contributed by atoms with Gasteiger partial charge in [-0.2, -0.15) is 0 Å². The molecular weight excluding hydrogens is 350 g/mol. The standard InChI is InChI=1S/C19H23N3O5/c1-11-4-8-14(9-5-11)20-16(24)12(2)27-15(23)10-22-17(25)19(3,13-6-7-13)21-18(22)26/h4-5,8-9,12-13H,6-7,10H2,1-3H3,(H,20,24)(H,21,26)/t12-,19+/m1/s1. The van der Waals surface area contributed by atoms with Crippen LogP contribution in [0.1, 0.15) is 32.3 Å². The molecule has 2 fully saturated rings. The summed E-state index contributed by atoms with van der Waals surface area (Å²) < 4.78 is 5.09. The molecule has 144 valence electrons. The van der Waals surface area contributed by atoms with E-state index < -0.39 is 42.0 Å². The summed E-state index contributed by atoms with van der Waals surface area (Å²) in [5, 5.41) is 5.31. The molecule has 8 heteroatoms. The van der Waals surface area contributed by atoms with Crippen LogP contribution in [-0.4, -0.2) is 46.9 Å². The Balaban J connectivity index is 1.54. The van der Waals surface area contributed by atoms with Crippen molar-refractivity contribution in [2.45, 2.75) is 45.3 Å². The second kappa shape index (κ2) is 7.02. The number of anilines is 1. The predicted molar refractivity (Wildman–Crippen MR) is 96.7 cm³/mol. The molecule has 1 saturated carbocycles. The summed E-state index contributed by atoms with van der Waals surface area (Å²) >= 11 is 0. The molecule has 1 aliphatic heterocycles. The van der Waals surface area contributed by atoms with E-state index in [1.54, 1.807) is 19.1 Å². The lowest BCUT2D eigenvalue weighted by molar-refractivity contribution is -0.155. The van der Waals surface area contributed by atoms with E-state index in [1.165, 1.54) is 6.92 Å². The van der Waals surface area contributed by atoms with Gasteiger partial charge in [-0.3, -0.25) is 19.3 Å². The molecule has 1 aromatic rings. The summed E-state index contributed by atoms with van der Waals surface area (Å²) in [5.74, 6) is -1.63. The molecule has 1 aromatic carbocycles. The number of hydrogen-bond acceptors (Lipinski definition) is 5. The number of imide groups is 1. The summed E-state index contributed by atoms with van der Waals surface area (Å²) in [5.41, 5.74) is 0.688. The van der Waals surface area contributed by atoms with E-state index in [9.17, 15) is 19.2 Å². The van der Waals surface area contributed by atoms with Gasteiger partial charge in [-0.05, 0) is 51.7 Å². The number of urea groups is 1. The summed E-state index contributed by atoms with van der Waals surface area (Å²) in [4.78, 5) is 49.7. The largest absolute Gasteiger partial charge is 0.451 e. The van der Waals surface area contributed by atoms with E-state index in [0.717, 1.165) is 23.3 Å². The number of aryl methyl sites for hydroxylation is 1. The minimum Gasteiger partial charge on any atom is -0.451 e. The number of carbonyl (C=O) groups excluding carboxylic acids is 4. The molecule has 8 nitrogen and oxygen atoms in total. The van der Waals surface area contributed by atoms with Gasteiger partial charge in [-0.25, -0.2) is 4.79 Å².